The quantitative estimate of drug-likeness (QED) is 0.412. The first-order valence-corrected chi connectivity index (χ1v) is 14.4. The molecule has 0 N–H and O–H groups in total. The van der Waals surface area contributed by atoms with Crippen molar-refractivity contribution in [3.8, 4) is 0 Å². The lowest BCUT2D eigenvalue weighted by Crippen LogP contribution is -2.65. The molecule has 5 rings (SSSR count). The van der Waals surface area contributed by atoms with Crippen molar-refractivity contribution in [2.45, 2.75) is 132 Å². The van der Waals surface area contributed by atoms with Crippen molar-refractivity contribution < 1.29 is 0 Å². The van der Waals surface area contributed by atoms with Crippen molar-refractivity contribution in [2.24, 2.45) is 62.6 Å². The van der Waals surface area contributed by atoms with Gasteiger partial charge >= 0.3 is 0 Å². The van der Waals surface area contributed by atoms with E-state index < -0.39 is 0 Å². The lowest BCUT2D eigenvalue weighted by molar-refractivity contribution is -0.241. The summed E-state index contributed by atoms with van der Waals surface area (Å²) in [5, 5.41) is 0. The summed E-state index contributed by atoms with van der Waals surface area (Å²) in [5.41, 5.74) is 2.91. The van der Waals surface area contributed by atoms with E-state index in [1.807, 2.05) is 0 Å². The van der Waals surface area contributed by atoms with E-state index in [2.05, 4.69) is 55.4 Å². The molecular weight excluding hydrogens is 372 g/mol. The molecule has 5 aliphatic rings. The monoisotopic (exact) mass is 426 g/mol. The highest BCUT2D eigenvalue weighted by atomic mass is 14.7. The van der Waals surface area contributed by atoms with Crippen molar-refractivity contribution in [1.82, 2.24) is 0 Å². The molecule has 5 fully saturated rings. The second-order valence-corrected chi connectivity index (χ2v) is 15.2. The van der Waals surface area contributed by atoms with E-state index in [4.69, 9.17) is 0 Å². The van der Waals surface area contributed by atoms with Gasteiger partial charge in [0.15, 0.2) is 0 Å². The molecule has 5 aliphatic carbocycles. The highest BCUT2D eigenvalue weighted by Crippen LogP contribution is 2.78. The Balaban J connectivity index is 1.50. The normalized spacial score (nSPS) is 56.7. The van der Waals surface area contributed by atoms with E-state index >= 15 is 0 Å². The lowest BCUT2D eigenvalue weighted by atomic mass is 9.32. The van der Waals surface area contributed by atoms with Crippen LogP contribution in [0.4, 0.5) is 0 Å². The van der Waals surface area contributed by atoms with Crippen molar-refractivity contribution in [3.63, 3.8) is 0 Å². The van der Waals surface area contributed by atoms with Crippen LogP contribution in [0.15, 0.2) is 0 Å². The molecule has 178 valence electrons. The molecular formula is C31H54. The van der Waals surface area contributed by atoms with Gasteiger partial charge in [0.25, 0.3) is 0 Å². The van der Waals surface area contributed by atoms with E-state index in [1.54, 1.807) is 6.42 Å². The van der Waals surface area contributed by atoms with E-state index in [1.165, 1.54) is 70.6 Å². The molecule has 1 unspecified atom stereocenters. The third-order valence-corrected chi connectivity index (χ3v) is 14.1. The van der Waals surface area contributed by atoms with Crippen LogP contribution in [0.5, 0.6) is 0 Å². The van der Waals surface area contributed by atoms with Gasteiger partial charge < -0.3 is 0 Å². The highest BCUT2D eigenvalue weighted by molar-refractivity contribution is 5.19. The zero-order chi connectivity index (χ0) is 22.4. The lowest BCUT2D eigenvalue weighted by Gasteiger charge is -2.73. The number of hydrogen-bond acceptors (Lipinski definition) is 0. The maximum atomic E-state index is 2.82. The SMILES string of the molecule is CCC(C)[C@H]1CC[C@]2(C)[C@H]3CC[C@@H]4[C@@]5(C)CCCC(C)(C)[C@@H]5CC[C@@]4(C)[C@]3(C)CC[C@@H]12. The summed E-state index contributed by atoms with van der Waals surface area (Å²) < 4.78 is 0. The van der Waals surface area contributed by atoms with Crippen LogP contribution >= 0.6 is 0 Å². The van der Waals surface area contributed by atoms with Crippen LogP contribution in [-0.2, 0) is 0 Å². The average molecular weight is 427 g/mol. The number of rotatable bonds is 2. The van der Waals surface area contributed by atoms with Crippen molar-refractivity contribution in [3.05, 3.63) is 0 Å². The molecule has 31 heavy (non-hydrogen) atoms. The van der Waals surface area contributed by atoms with Gasteiger partial charge in [-0.2, -0.15) is 0 Å². The summed E-state index contributed by atoms with van der Waals surface area (Å²) in [6, 6.07) is 0. The molecule has 0 heterocycles. The minimum absolute atomic E-state index is 0.560. The molecule has 0 aromatic heterocycles. The fraction of sp³-hybridized carbons (Fsp3) is 1.00. The van der Waals surface area contributed by atoms with Crippen molar-refractivity contribution in [1.29, 1.82) is 0 Å². The van der Waals surface area contributed by atoms with Crippen LogP contribution in [-0.4, -0.2) is 0 Å². The van der Waals surface area contributed by atoms with Crippen LogP contribution in [0.3, 0.4) is 0 Å². The molecule has 0 spiro atoms. The number of hydrogen-bond donors (Lipinski definition) is 0. The molecule has 0 nitrogen and oxygen atoms in total. The van der Waals surface area contributed by atoms with Gasteiger partial charge in [-0.25, -0.2) is 0 Å². The van der Waals surface area contributed by atoms with Crippen LogP contribution in [0, 0.1) is 62.6 Å². The summed E-state index contributed by atoms with van der Waals surface area (Å²) in [5.74, 6) is 5.86. The maximum absolute atomic E-state index is 2.82. The van der Waals surface area contributed by atoms with E-state index in [0.29, 0.717) is 27.1 Å². The predicted molar refractivity (Wildman–Crippen MR) is 134 cm³/mol. The largest absolute Gasteiger partial charge is 0.0651 e. The maximum Gasteiger partial charge on any atom is -0.0235 e. The topological polar surface area (TPSA) is 0 Å². The third-order valence-electron chi connectivity index (χ3n) is 14.1. The van der Waals surface area contributed by atoms with Crippen molar-refractivity contribution >= 4 is 0 Å². The molecule has 0 radical (unpaired) electrons. The fourth-order valence-corrected chi connectivity index (χ4v) is 12.3. The standard InChI is InChI=1S/C31H54/c1-9-21(2)22-13-18-28(5)23(22)14-19-30(7)25(28)11-12-26-29(6)17-10-16-27(3,4)24(29)15-20-31(26,30)8/h21-26H,9-20H2,1-8H3/t21?,22-,23+,24+,25-,26-,28+,29+,30-,31-/m1/s1. The Morgan fingerprint density at radius 3 is 1.90 bits per heavy atom. The van der Waals surface area contributed by atoms with Gasteiger partial charge in [-0.05, 0) is 127 Å². The van der Waals surface area contributed by atoms with E-state index in [-0.39, 0.29) is 0 Å². The minimum atomic E-state index is 0.560. The summed E-state index contributed by atoms with van der Waals surface area (Å²) in [6.07, 6.45) is 18.1. The second-order valence-electron chi connectivity index (χ2n) is 15.2. The van der Waals surface area contributed by atoms with Gasteiger partial charge in [0.1, 0.15) is 0 Å². The predicted octanol–water partition coefficient (Wildman–Crippen LogP) is 9.52. The smallest absolute Gasteiger partial charge is 0.0235 e. The van der Waals surface area contributed by atoms with Crippen LogP contribution in [0.1, 0.15) is 132 Å². The van der Waals surface area contributed by atoms with Crippen LogP contribution in [0.25, 0.3) is 0 Å². The molecule has 10 atom stereocenters. The van der Waals surface area contributed by atoms with Crippen molar-refractivity contribution in [2.75, 3.05) is 0 Å². The Morgan fingerprint density at radius 2 is 1.26 bits per heavy atom. The first kappa shape index (κ1) is 22.8. The second kappa shape index (κ2) is 7.01. The van der Waals surface area contributed by atoms with Gasteiger partial charge in [-0.3, -0.25) is 0 Å². The van der Waals surface area contributed by atoms with Gasteiger partial charge in [-0.15, -0.1) is 0 Å². The molecule has 0 amide bonds. The Kier molecular flexibility index (Phi) is 5.15. The van der Waals surface area contributed by atoms with E-state index in [9.17, 15) is 0 Å². The summed E-state index contributed by atoms with van der Waals surface area (Å²) >= 11 is 0. The van der Waals surface area contributed by atoms with Gasteiger partial charge in [0.2, 0.25) is 0 Å². The Hall–Kier alpha value is 0. The van der Waals surface area contributed by atoms with Gasteiger partial charge in [0, 0.05) is 0 Å². The Morgan fingerprint density at radius 1 is 0.645 bits per heavy atom. The molecule has 0 aromatic carbocycles. The van der Waals surface area contributed by atoms with Gasteiger partial charge in [0.05, 0.1) is 0 Å². The zero-order valence-corrected chi connectivity index (χ0v) is 22.4. The first-order valence-electron chi connectivity index (χ1n) is 14.4. The summed E-state index contributed by atoms with van der Waals surface area (Å²) in [4.78, 5) is 0. The van der Waals surface area contributed by atoms with Gasteiger partial charge in [-0.1, -0.05) is 68.2 Å². The van der Waals surface area contributed by atoms with Crippen LogP contribution in [0.2, 0.25) is 0 Å². The number of fused-ring (bicyclic) bond motifs is 7. The molecule has 0 bridgehead atoms. The average Bonchev–Trinajstić information content (AvgIpc) is 3.04. The molecule has 0 saturated heterocycles. The molecule has 0 aliphatic heterocycles. The van der Waals surface area contributed by atoms with Crippen LogP contribution < -0.4 is 0 Å². The summed E-state index contributed by atoms with van der Waals surface area (Å²) in [6.45, 7) is 21.4. The molecule has 0 heteroatoms. The third kappa shape index (κ3) is 2.78. The summed E-state index contributed by atoms with van der Waals surface area (Å²) in [7, 11) is 0. The zero-order valence-electron chi connectivity index (χ0n) is 22.4. The first-order chi connectivity index (χ1) is 14.4. The Labute approximate surface area is 195 Å². The highest BCUT2D eigenvalue weighted by Gasteiger charge is 2.70. The molecule has 5 saturated carbocycles. The fourth-order valence-electron chi connectivity index (χ4n) is 12.3. The Bertz CT molecular complexity index is 705. The minimum Gasteiger partial charge on any atom is -0.0651 e. The van der Waals surface area contributed by atoms with E-state index in [0.717, 1.165) is 35.5 Å². The molecule has 0 aromatic rings.